The molecule has 4 nitrogen and oxygen atoms in total. The summed E-state index contributed by atoms with van der Waals surface area (Å²) in [5.74, 6) is 1.92. The second kappa shape index (κ2) is 6.57. The highest BCUT2D eigenvalue weighted by Crippen LogP contribution is 2.23. The van der Waals surface area contributed by atoms with Crippen molar-refractivity contribution in [3.05, 3.63) is 47.5 Å². The number of hydrogen-bond acceptors (Lipinski definition) is 3. The van der Waals surface area contributed by atoms with Crippen molar-refractivity contribution in [1.82, 2.24) is 9.55 Å². The fourth-order valence-corrected chi connectivity index (χ4v) is 2.36. The molecule has 0 saturated carbocycles. The summed E-state index contributed by atoms with van der Waals surface area (Å²) in [5, 5.41) is 0. The van der Waals surface area contributed by atoms with E-state index in [4.69, 9.17) is 10.5 Å². The molecule has 108 valence electrons. The quantitative estimate of drug-likeness (QED) is 0.880. The van der Waals surface area contributed by atoms with Crippen LogP contribution in [0.15, 0.2) is 30.6 Å². The van der Waals surface area contributed by atoms with Gasteiger partial charge in [0.15, 0.2) is 0 Å². The minimum atomic E-state index is -0.0671. The van der Waals surface area contributed by atoms with Gasteiger partial charge in [-0.05, 0) is 30.5 Å². The number of ether oxygens (including phenoxy) is 1. The van der Waals surface area contributed by atoms with Gasteiger partial charge in [-0.25, -0.2) is 4.98 Å². The Morgan fingerprint density at radius 1 is 1.40 bits per heavy atom. The average Bonchev–Trinajstić information content (AvgIpc) is 2.87. The fraction of sp³-hybridized carbons (Fsp3) is 0.438. The summed E-state index contributed by atoms with van der Waals surface area (Å²) >= 11 is 0. The van der Waals surface area contributed by atoms with Crippen molar-refractivity contribution in [3.63, 3.8) is 0 Å². The minimum Gasteiger partial charge on any atom is -0.496 e. The molecule has 2 rings (SSSR count). The highest BCUT2D eigenvalue weighted by atomic mass is 16.5. The molecule has 0 fully saturated rings. The normalized spacial score (nSPS) is 12.4. The van der Waals surface area contributed by atoms with E-state index >= 15 is 0 Å². The van der Waals surface area contributed by atoms with Gasteiger partial charge in [0, 0.05) is 31.4 Å². The minimum absolute atomic E-state index is 0.0671. The molecule has 0 radical (unpaired) electrons. The SMILES string of the molecule is CCCn1ccnc1CC(N)c1ccc(C)c(OC)c1. The predicted octanol–water partition coefficient (Wildman–Crippen LogP) is 2.85. The number of aromatic nitrogens is 2. The van der Waals surface area contributed by atoms with Crippen LogP contribution in [0.25, 0.3) is 0 Å². The summed E-state index contributed by atoms with van der Waals surface area (Å²) in [5.41, 5.74) is 8.52. The molecular formula is C16H23N3O. The molecule has 0 aliphatic rings. The lowest BCUT2D eigenvalue weighted by molar-refractivity contribution is 0.410. The Bertz CT molecular complexity index is 563. The lowest BCUT2D eigenvalue weighted by Gasteiger charge is -2.15. The van der Waals surface area contributed by atoms with Crippen LogP contribution >= 0.6 is 0 Å². The van der Waals surface area contributed by atoms with Crippen LogP contribution in [0.3, 0.4) is 0 Å². The van der Waals surface area contributed by atoms with Crippen LogP contribution in [-0.2, 0) is 13.0 Å². The number of nitrogens with zero attached hydrogens (tertiary/aromatic N) is 2. The number of rotatable bonds is 6. The van der Waals surface area contributed by atoms with E-state index in [9.17, 15) is 0 Å². The van der Waals surface area contributed by atoms with Gasteiger partial charge in [-0.15, -0.1) is 0 Å². The summed E-state index contributed by atoms with van der Waals surface area (Å²) in [6, 6.07) is 6.07. The van der Waals surface area contributed by atoms with E-state index in [1.54, 1.807) is 7.11 Å². The maximum absolute atomic E-state index is 6.32. The summed E-state index contributed by atoms with van der Waals surface area (Å²) in [6.07, 6.45) is 5.69. The van der Waals surface area contributed by atoms with Gasteiger partial charge in [0.05, 0.1) is 7.11 Å². The molecular weight excluding hydrogens is 250 g/mol. The number of imidazole rings is 1. The van der Waals surface area contributed by atoms with E-state index in [2.05, 4.69) is 22.5 Å². The first-order valence-corrected chi connectivity index (χ1v) is 7.05. The van der Waals surface area contributed by atoms with Crippen molar-refractivity contribution < 1.29 is 4.74 Å². The monoisotopic (exact) mass is 273 g/mol. The first kappa shape index (κ1) is 14.6. The third-order valence-electron chi connectivity index (χ3n) is 3.53. The third kappa shape index (κ3) is 3.20. The molecule has 2 N–H and O–H groups in total. The third-order valence-corrected chi connectivity index (χ3v) is 3.53. The van der Waals surface area contributed by atoms with Crippen LogP contribution < -0.4 is 10.5 Å². The molecule has 4 heteroatoms. The predicted molar refractivity (Wildman–Crippen MR) is 80.9 cm³/mol. The molecule has 0 bridgehead atoms. The van der Waals surface area contributed by atoms with Crippen LogP contribution in [0, 0.1) is 6.92 Å². The van der Waals surface area contributed by atoms with Gasteiger partial charge >= 0.3 is 0 Å². The molecule has 0 saturated heterocycles. The molecule has 0 amide bonds. The Morgan fingerprint density at radius 3 is 2.90 bits per heavy atom. The van der Waals surface area contributed by atoms with Gasteiger partial charge in [-0.3, -0.25) is 0 Å². The first-order valence-electron chi connectivity index (χ1n) is 7.05. The molecule has 1 aromatic heterocycles. The number of nitrogens with two attached hydrogens (primary N) is 1. The number of aryl methyl sites for hydroxylation is 2. The van der Waals surface area contributed by atoms with Gasteiger partial charge in [0.2, 0.25) is 0 Å². The van der Waals surface area contributed by atoms with Gasteiger partial charge in [0.1, 0.15) is 11.6 Å². The van der Waals surface area contributed by atoms with Crippen molar-refractivity contribution in [2.75, 3.05) is 7.11 Å². The Hall–Kier alpha value is -1.81. The second-order valence-electron chi connectivity index (χ2n) is 5.08. The van der Waals surface area contributed by atoms with E-state index in [-0.39, 0.29) is 6.04 Å². The number of benzene rings is 1. The summed E-state index contributed by atoms with van der Waals surface area (Å²) in [4.78, 5) is 4.41. The Balaban J connectivity index is 2.15. The smallest absolute Gasteiger partial charge is 0.122 e. The molecule has 20 heavy (non-hydrogen) atoms. The molecule has 1 aromatic carbocycles. The van der Waals surface area contributed by atoms with E-state index < -0.39 is 0 Å². The summed E-state index contributed by atoms with van der Waals surface area (Å²) < 4.78 is 7.53. The van der Waals surface area contributed by atoms with Crippen molar-refractivity contribution in [1.29, 1.82) is 0 Å². The topological polar surface area (TPSA) is 53.1 Å². The van der Waals surface area contributed by atoms with E-state index in [1.165, 1.54) is 0 Å². The van der Waals surface area contributed by atoms with Gasteiger partial charge in [-0.1, -0.05) is 19.1 Å². The van der Waals surface area contributed by atoms with Gasteiger partial charge < -0.3 is 15.0 Å². The molecule has 1 unspecified atom stereocenters. The van der Waals surface area contributed by atoms with Crippen molar-refractivity contribution in [3.8, 4) is 5.75 Å². The van der Waals surface area contributed by atoms with Crippen LogP contribution in [0.1, 0.15) is 36.3 Å². The zero-order valence-corrected chi connectivity index (χ0v) is 12.5. The summed E-state index contributed by atoms with van der Waals surface area (Å²) in [7, 11) is 1.69. The van der Waals surface area contributed by atoms with E-state index in [0.29, 0.717) is 0 Å². The second-order valence-corrected chi connectivity index (χ2v) is 5.08. The van der Waals surface area contributed by atoms with Crippen molar-refractivity contribution in [2.45, 2.75) is 39.3 Å². The molecule has 2 aromatic rings. The molecule has 0 aliphatic carbocycles. The lowest BCUT2D eigenvalue weighted by Crippen LogP contribution is -2.16. The van der Waals surface area contributed by atoms with Gasteiger partial charge in [-0.2, -0.15) is 0 Å². The van der Waals surface area contributed by atoms with Crippen molar-refractivity contribution in [2.24, 2.45) is 5.73 Å². The fourth-order valence-electron chi connectivity index (χ4n) is 2.36. The number of hydrogen-bond donors (Lipinski definition) is 1. The van der Waals surface area contributed by atoms with Crippen molar-refractivity contribution >= 4 is 0 Å². The van der Waals surface area contributed by atoms with Crippen LogP contribution in [0.2, 0.25) is 0 Å². The lowest BCUT2D eigenvalue weighted by atomic mass is 10.0. The molecule has 0 aliphatic heterocycles. The molecule has 1 heterocycles. The van der Waals surface area contributed by atoms with E-state index in [0.717, 1.165) is 42.1 Å². The van der Waals surface area contributed by atoms with E-state index in [1.807, 2.05) is 31.5 Å². The Morgan fingerprint density at radius 2 is 2.20 bits per heavy atom. The van der Waals surface area contributed by atoms with Crippen LogP contribution in [0.4, 0.5) is 0 Å². The Kier molecular flexibility index (Phi) is 4.79. The standard InChI is InChI=1S/C16H23N3O/c1-4-8-19-9-7-18-16(19)11-14(17)13-6-5-12(2)15(10-13)20-3/h5-7,9-10,14H,4,8,11,17H2,1-3H3. The average molecular weight is 273 g/mol. The van der Waals surface area contributed by atoms with Crippen LogP contribution in [0.5, 0.6) is 5.75 Å². The maximum atomic E-state index is 6.32. The maximum Gasteiger partial charge on any atom is 0.122 e. The summed E-state index contributed by atoms with van der Waals surface area (Å²) in [6.45, 7) is 5.18. The molecule has 1 atom stereocenters. The Labute approximate surface area is 120 Å². The zero-order valence-electron chi connectivity index (χ0n) is 12.5. The number of methoxy groups -OCH3 is 1. The first-order chi connectivity index (χ1) is 9.65. The highest BCUT2D eigenvalue weighted by Gasteiger charge is 2.12. The van der Waals surface area contributed by atoms with Crippen LogP contribution in [-0.4, -0.2) is 16.7 Å². The highest BCUT2D eigenvalue weighted by molar-refractivity contribution is 5.38. The molecule has 0 spiro atoms. The zero-order chi connectivity index (χ0) is 14.5. The van der Waals surface area contributed by atoms with Gasteiger partial charge in [0.25, 0.3) is 0 Å². The largest absolute Gasteiger partial charge is 0.496 e.